The van der Waals surface area contributed by atoms with Crippen LogP contribution in [0.2, 0.25) is 0 Å². The van der Waals surface area contributed by atoms with Crippen LogP contribution in [-0.4, -0.2) is 80.9 Å². The summed E-state index contributed by atoms with van der Waals surface area (Å²) in [5.74, 6) is 1.30. The number of aromatic nitrogens is 1. The van der Waals surface area contributed by atoms with Gasteiger partial charge in [0.05, 0.1) is 19.3 Å². The van der Waals surface area contributed by atoms with Gasteiger partial charge in [-0.15, -0.1) is 0 Å². The molecule has 9 heteroatoms. The van der Waals surface area contributed by atoms with Crippen molar-refractivity contribution >= 4 is 23.5 Å². The van der Waals surface area contributed by atoms with E-state index in [0.717, 1.165) is 37.5 Å². The minimum atomic E-state index is -0.363. The molecule has 1 aromatic heterocycles. The Bertz CT molecular complexity index is 950. The predicted molar refractivity (Wildman–Crippen MR) is 131 cm³/mol. The Morgan fingerprint density at radius 3 is 2.26 bits per heavy atom. The summed E-state index contributed by atoms with van der Waals surface area (Å²) in [5, 5.41) is 3.22. The maximum Gasteiger partial charge on any atom is 0.339 e. The maximum atomic E-state index is 12.8. The van der Waals surface area contributed by atoms with Crippen LogP contribution in [0.5, 0.6) is 5.75 Å². The number of rotatable bonds is 6. The molecule has 1 aromatic carbocycles. The van der Waals surface area contributed by atoms with Crippen molar-refractivity contribution in [1.29, 1.82) is 0 Å². The van der Waals surface area contributed by atoms with Crippen LogP contribution in [0.1, 0.15) is 30.1 Å². The molecule has 34 heavy (non-hydrogen) atoms. The van der Waals surface area contributed by atoms with Gasteiger partial charge < -0.3 is 29.5 Å². The molecule has 9 nitrogen and oxygen atoms in total. The molecule has 2 fully saturated rings. The zero-order valence-corrected chi connectivity index (χ0v) is 19.9. The number of hydrogen-bond acceptors (Lipinski definition) is 7. The molecule has 2 amide bonds. The normalized spacial score (nSPS) is 16.8. The fraction of sp³-hybridized carbons (Fsp3) is 0.480. The van der Waals surface area contributed by atoms with E-state index < -0.39 is 0 Å². The molecule has 2 saturated heterocycles. The van der Waals surface area contributed by atoms with E-state index in [-0.39, 0.29) is 18.0 Å². The molecule has 0 aliphatic carbocycles. The number of nitrogens with zero attached hydrogens (tertiary/aromatic N) is 4. The molecule has 4 rings (SSSR count). The number of hydrogen-bond donors (Lipinski definition) is 1. The molecule has 3 heterocycles. The number of esters is 1. The first kappa shape index (κ1) is 23.7. The van der Waals surface area contributed by atoms with Gasteiger partial charge >= 0.3 is 12.0 Å². The summed E-state index contributed by atoms with van der Waals surface area (Å²) < 4.78 is 10.2. The highest BCUT2D eigenvalue weighted by Crippen LogP contribution is 2.23. The minimum absolute atomic E-state index is 0.00756. The molecule has 2 aromatic rings. The summed E-state index contributed by atoms with van der Waals surface area (Å²) in [4.78, 5) is 35.4. The summed E-state index contributed by atoms with van der Waals surface area (Å²) in [6, 6.07) is 11.9. The Labute approximate surface area is 200 Å². The van der Waals surface area contributed by atoms with Crippen molar-refractivity contribution in [2.24, 2.45) is 0 Å². The number of ether oxygens (including phenoxy) is 2. The van der Waals surface area contributed by atoms with Crippen molar-refractivity contribution < 1.29 is 19.1 Å². The molecule has 182 valence electrons. The van der Waals surface area contributed by atoms with E-state index in [4.69, 9.17) is 9.47 Å². The molecule has 0 saturated carbocycles. The molecule has 0 spiro atoms. The SMILES string of the molecule is CCOC(=O)c1ccc(N2CCN(C(=O)NC3CCN(c4ccc(OC)cc4)CC3)CC2)nc1. The number of carbonyl (C=O) groups is 2. The van der Waals surface area contributed by atoms with Gasteiger partial charge in [-0.05, 0) is 56.2 Å². The van der Waals surface area contributed by atoms with Gasteiger partial charge in [0.1, 0.15) is 11.6 Å². The molecule has 2 aliphatic heterocycles. The summed E-state index contributed by atoms with van der Waals surface area (Å²) in [7, 11) is 1.67. The number of amides is 2. The molecule has 0 bridgehead atoms. The van der Waals surface area contributed by atoms with Crippen LogP contribution >= 0.6 is 0 Å². The minimum Gasteiger partial charge on any atom is -0.497 e. The number of benzene rings is 1. The van der Waals surface area contributed by atoms with Gasteiger partial charge in [-0.2, -0.15) is 0 Å². The van der Waals surface area contributed by atoms with E-state index in [1.165, 1.54) is 5.69 Å². The molecule has 0 unspecified atom stereocenters. The molecular formula is C25H33N5O4. The van der Waals surface area contributed by atoms with Crippen LogP contribution < -0.4 is 19.9 Å². The van der Waals surface area contributed by atoms with Crippen molar-refractivity contribution in [3.8, 4) is 5.75 Å². The lowest BCUT2D eigenvalue weighted by atomic mass is 10.0. The lowest BCUT2D eigenvalue weighted by Crippen LogP contribution is -2.55. The van der Waals surface area contributed by atoms with E-state index in [9.17, 15) is 9.59 Å². The quantitative estimate of drug-likeness (QED) is 0.654. The Morgan fingerprint density at radius 2 is 1.68 bits per heavy atom. The van der Waals surface area contributed by atoms with Crippen LogP contribution in [-0.2, 0) is 4.74 Å². The van der Waals surface area contributed by atoms with Crippen LogP contribution in [0, 0.1) is 0 Å². The second-order valence-corrected chi connectivity index (χ2v) is 8.51. The number of pyridine rings is 1. The lowest BCUT2D eigenvalue weighted by molar-refractivity contribution is 0.0526. The van der Waals surface area contributed by atoms with Crippen molar-refractivity contribution in [2.75, 3.05) is 62.8 Å². The van der Waals surface area contributed by atoms with E-state index >= 15 is 0 Å². The van der Waals surface area contributed by atoms with Crippen molar-refractivity contribution in [3.05, 3.63) is 48.2 Å². The van der Waals surface area contributed by atoms with Crippen LogP contribution in [0.25, 0.3) is 0 Å². The maximum absolute atomic E-state index is 12.8. The topological polar surface area (TPSA) is 87.2 Å². The van der Waals surface area contributed by atoms with E-state index in [1.54, 1.807) is 26.3 Å². The number of piperazine rings is 1. The first-order valence-corrected chi connectivity index (χ1v) is 11.9. The highest BCUT2D eigenvalue weighted by atomic mass is 16.5. The molecular weight excluding hydrogens is 434 g/mol. The second-order valence-electron chi connectivity index (χ2n) is 8.51. The number of urea groups is 1. The number of nitrogens with one attached hydrogen (secondary N) is 1. The van der Waals surface area contributed by atoms with Gasteiger partial charge in [0.25, 0.3) is 0 Å². The third-order valence-electron chi connectivity index (χ3n) is 6.41. The molecule has 0 atom stereocenters. The Balaban J connectivity index is 1.21. The number of piperidine rings is 1. The van der Waals surface area contributed by atoms with Gasteiger partial charge in [0.2, 0.25) is 0 Å². The van der Waals surface area contributed by atoms with Crippen molar-refractivity contribution in [1.82, 2.24) is 15.2 Å². The molecule has 0 radical (unpaired) electrons. The predicted octanol–water partition coefficient (Wildman–Crippen LogP) is 2.77. The average Bonchev–Trinajstić information content (AvgIpc) is 2.89. The standard InChI is InChI=1S/C25H33N5O4/c1-3-34-24(31)19-4-9-23(26-18-19)29-14-16-30(17-15-29)25(32)27-20-10-12-28(13-11-20)21-5-7-22(33-2)8-6-21/h4-9,18,20H,3,10-17H2,1-2H3,(H,27,32). The van der Waals surface area contributed by atoms with E-state index in [1.807, 2.05) is 23.1 Å². The van der Waals surface area contributed by atoms with Gasteiger partial charge in [-0.25, -0.2) is 14.6 Å². The first-order chi connectivity index (χ1) is 16.6. The number of methoxy groups -OCH3 is 1. The summed E-state index contributed by atoms with van der Waals surface area (Å²) in [5.41, 5.74) is 1.63. The Kier molecular flexibility index (Phi) is 7.72. The van der Waals surface area contributed by atoms with Gasteiger partial charge in [-0.1, -0.05) is 0 Å². The highest BCUT2D eigenvalue weighted by molar-refractivity contribution is 5.89. The third kappa shape index (κ3) is 5.70. The van der Waals surface area contributed by atoms with Gasteiger partial charge in [0, 0.05) is 57.2 Å². The molecule has 2 aliphatic rings. The molecule has 1 N–H and O–H groups in total. The van der Waals surface area contributed by atoms with Crippen molar-refractivity contribution in [2.45, 2.75) is 25.8 Å². The Hall–Kier alpha value is -3.49. The smallest absolute Gasteiger partial charge is 0.339 e. The Morgan fingerprint density at radius 1 is 0.971 bits per heavy atom. The van der Waals surface area contributed by atoms with Crippen molar-refractivity contribution in [3.63, 3.8) is 0 Å². The average molecular weight is 468 g/mol. The number of carbonyl (C=O) groups excluding carboxylic acids is 2. The van der Waals surface area contributed by atoms with Crippen LogP contribution in [0.4, 0.5) is 16.3 Å². The lowest BCUT2D eigenvalue weighted by Gasteiger charge is -2.38. The van der Waals surface area contributed by atoms with Gasteiger partial charge in [0.15, 0.2) is 0 Å². The monoisotopic (exact) mass is 467 g/mol. The summed E-state index contributed by atoms with van der Waals surface area (Å²) in [6.07, 6.45) is 3.40. The largest absolute Gasteiger partial charge is 0.497 e. The van der Waals surface area contributed by atoms with E-state index in [0.29, 0.717) is 38.3 Å². The van der Waals surface area contributed by atoms with E-state index in [2.05, 4.69) is 32.2 Å². The first-order valence-electron chi connectivity index (χ1n) is 11.9. The fourth-order valence-electron chi connectivity index (χ4n) is 4.39. The van der Waals surface area contributed by atoms with Gasteiger partial charge in [-0.3, -0.25) is 0 Å². The zero-order valence-electron chi connectivity index (χ0n) is 19.9. The number of anilines is 2. The van der Waals surface area contributed by atoms with Crippen LogP contribution in [0.15, 0.2) is 42.6 Å². The third-order valence-corrected chi connectivity index (χ3v) is 6.41. The van der Waals surface area contributed by atoms with Crippen LogP contribution in [0.3, 0.4) is 0 Å². The summed E-state index contributed by atoms with van der Waals surface area (Å²) in [6.45, 7) is 6.63. The summed E-state index contributed by atoms with van der Waals surface area (Å²) >= 11 is 0. The highest BCUT2D eigenvalue weighted by Gasteiger charge is 2.26. The fourth-order valence-corrected chi connectivity index (χ4v) is 4.39. The zero-order chi connectivity index (χ0) is 23.9. The second kappa shape index (κ2) is 11.1.